The van der Waals surface area contributed by atoms with Crippen molar-refractivity contribution in [2.45, 2.75) is 19.8 Å². The fourth-order valence-corrected chi connectivity index (χ4v) is 4.21. The number of benzene rings is 1. The van der Waals surface area contributed by atoms with E-state index in [1.54, 1.807) is 35.0 Å². The molecule has 1 aromatic heterocycles. The Morgan fingerprint density at radius 1 is 1.26 bits per heavy atom. The van der Waals surface area contributed by atoms with Crippen molar-refractivity contribution in [1.29, 1.82) is 5.26 Å². The third kappa shape index (κ3) is 2.97. The van der Waals surface area contributed by atoms with E-state index in [4.69, 9.17) is 5.26 Å². The first-order valence-electron chi connectivity index (χ1n) is 9.01. The molecule has 4 rings (SSSR count). The fourth-order valence-electron chi connectivity index (χ4n) is 4.21. The Balaban J connectivity index is 1.50. The molecular formula is C20H21N5O2. The topological polar surface area (TPSA) is 82.2 Å². The van der Waals surface area contributed by atoms with Crippen LogP contribution in [0.4, 0.5) is 5.69 Å². The van der Waals surface area contributed by atoms with Gasteiger partial charge in [0.15, 0.2) is 0 Å². The number of carbonyl (C=O) groups is 2. The predicted molar refractivity (Wildman–Crippen MR) is 99.0 cm³/mol. The molecule has 3 heterocycles. The van der Waals surface area contributed by atoms with Crippen molar-refractivity contribution in [2.24, 2.45) is 12.5 Å². The molecule has 2 aliphatic rings. The number of anilines is 1. The molecule has 7 heteroatoms. The van der Waals surface area contributed by atoms with Gasteiger partial charge in [-0.1, -0.05) is 0 Å². The molecule has 1 aromatic carbocycles. The lowest BCUT2D eigenvalue weighted by atomic mass is 9.86. The molecule has 2 fully saturated rings. The van der Waals surface area contributed by atoms with E-state index in [9.17, 15) is 9.59 Å². The van der Waals surface area contributed by atoms with Crippen LogP contribution in [0.25, 0.3) is 0 Å². The van der Waals surface area contributed by atoms with E-state index >= 15 is 0 Å². The zero-order chi connectivity index (χ0) is 19.2. The Hall–Kier alpha value is -3.14. The van der Waals surface area contributed by atoms with Gasteiger partial charge in [-0.25, -0.2) is 0 Å². The van der Waals surface area contributed by atoms with E-state index < -0.39 is 0 Å². The molecule has 0 radical (unpaired) electrons. The normalized spacial score (nSPS) is 21.9. The van der Waals surface area contributed by atoms with E-state index in [1.165, 1.54) is 0 Å². The number of aryl methyl sites for hydroxylation is 2. The number of amides is 2. The van der Waals surface area contributed by atoms with E-state index in [1.807, 2.05) is 24.0 Å². The maximum Gasteiger partial charge on any atom is 0.257 e. The number of hydrogen-bond acceptors (Lipinski definition) is 4. The van der Waals surface area contributed by atoms with Crippen molar-refractivity contribution < 1.29 is 9.59 Å². The second kappa shape index (κ2) is 6.23. The van der Waals surface area contributed by atoms with Crippen LogP contribution < -0.4 is 4.90 Å². The smallest absolute Gasteiger partial charge is 0.257 e. The molecule has 0 unspecified atom stereocenters. The third-order valence-corrected chi connectivity index (χ3v) is 5.60. The highest BCUT2D eigenvalue weighted by molar-refractivity contribution is 5.98. The summed E-state index contributed by atoms with van der Waals surface area (Å²) >= 11 is 0. The lowest BCUT2D eigenvalue weighted by Crippen LogP contribution is -2.34. The van der Waals surface area contributed by atoms with Gasteiger partial charge in [0.25, 0.3) is 5.91 Å². The Labute approximate surface area is 157 Å². The van der Waals surface area contributed by atoms with Crippen molar-refractivity contribution in [3.63, 3.8) is 0 Å². The highest BCUT2D eigenvalue weighted by Crippen LogP contribution is 2.42. The van der Waals surface area contributed by atoms with Crippen molar-refractivity contribution in [3.05, 3.63) is 47.3 Å². The zero-order valence-electron chi connectivity index (χ0n) is 15.5. The maximum absolute atomic E-state index is 12.9. The van der Waals surface area contributed by atoms with Crippen molar-refractivity contribution in [3.8, 4) is 6.07 Å². The molecule has 2 aromatic rings. The lowest BCUT2D eigenvalue weighted by Gasteiger charge is -2.24. The number of carbonyl (C=O) groups excluding carboxylic acids is 2. The standard InChI is InChI=1S/C20H21N5O2/c1-14-17(11-23(2)22-14)19(27)24-8-7-20(12-24)9-18(26)25(13-20)16-5-3-15(10-21)4-6-16/h3-6,11H,7-9,12-13H2,1-2H3/t20-/m1/s1. The van der Waals surface area contributed by atoms with Crippen LogP contribution in [-0.2, 0) is 11.8 Å². The quantitative estimate of drug-likeness (QED) is 0.816. The summed E-state index contributed by atoms with van der Waals surface area (Å²) in [5, 5.41) is 13.2. The summed E-state index contributed by atoms with van der Waals surface area (Å²) in [4.78, 5) is 29.1. The molecule has 0 bridgehead atoms. The number of nitriles is 1. The minimum absolute atomic E-state index is 0.0123. The van der Waals surface area contributed by atoms with E-state index in [0.717, 1.165) is 17.8 Å². The van der Waals surface area contributed by atoms with E-state index in [-0.39, 0.29) is 17.2 Å². The van der Waals surface area contributed by atoms with Gasteiger partial charge in [-0.05, 0) is 37.6 Å². The summed E-state index contributed by atoms with van der Waals surface area (Å²) in [6.45, 7) is 3.68. The summed E-state index contributed by atoms with van der Waals surface area (Å²) in [6, 6.07) is 9.16. The predicted octanol–water partition coefficient (Wildman–Crippen LogP) is 1.87. The molecule has 0 saturated carbocycles. The highest BCUT2D eigenvalue weighted by atomic mass is 16.2. The molecular weight excluding hydrogens is 342 g/mol. The Morgan fingerprint density at radius 2 is 2.00 bits per heavy atom. The maximum atomic E-state index is 12.9. The molecule has 2 saturated heterocycles. The highest BCUT2D eigenvalue weighted by Gasteiger charge is 2.49. The van der Waals surface area contributed by atoms with Crippen LogP contribution in [0.2, 0.25) is 0 Å². The van der Waals surface area contributed by atoms with Gasteiger partial charge in [0, 0.05) is 50.4 Å². The van der Waals surface area contributed by atoms with Gasteiger partial charge >= 0.3 is 0 Å². The first-order valence-corrected chi connectivity index (χ1v) is 9.01. The number of rotatable bonds is 2. The Kier molecular flexibility index (Phi) is 3.99. The van der Waals surface area contributed by atoms with Crippen molar-refractivity contribution in [2.75, 3.05) is 24.5 Å². The minimum atomic E-state index is -0.198. The molecule has 1 spiro atoms. The van der Waals surface area contributed by atoms with E-state index in [0.29, 0.717) is 37.2 Å². The second-order valence-electron chi connectivity index (χ2n) is 7.59. The van der Waals surface area contributed by atoms with Gasteiger partial charge in [0.1, 0.15) is 0 Å². The SMILES string of the molecule is Cc1nn(C)cc1C(=O)N1CC[C@@]2(CC(=O)N(c3ccc(C#N)cc3)C2)C1. The van der Waals surface area contributed by atoms with Crippen LogP contribution in [0.3, 0.4) is 0 Å². The largest absolute Gasteiger partial charge is 0.338 e. The first kappa shape index (κ1) is 17.3. The van der Waals surface area contributed by atoms with Crippen LogP contribution in [0, 0.1) is 23.7 Å². The minimum Gasteiger partial charge on any atom is -0.338 e. The average molecular weight is 363 g/mol. The zero-order valence-corrected chi connectivity index (χ0v) is 15.5. The monoisotopic (exact) mass is 363 g/mol. The molecule has 27 heavy (non-hydrogen) atoms. The summed E-state index contributed by atoms with van der Waals surface area (Å²) in [5.41, 5.74) is 2.54. The summed E-state index contributed by atoms with van der Waals surface area (Å²) < 4.78 is 1.65. The molecule has 1 atom stereocenters. The molecule has 7 nitrogen and oxygen atoms in total. The number of nitrogens with zero attached hydrogens (tertiary/aromatic N) is 5. The summed E-state index contributed by atoms with van der Waals surface area (Å²) in [5.74, 6) is 0.0633. The summed E-state index contributed by atoms with van der Waals surface area (Å²) in [7, 11) is 1.81. The van der Waals surface area contributed by atoms with Gasteiger partial charge in [0.2, 0.25) is 5.91 Å². The van der Waals surface area contributed by atoms with Crippen LogP contribution in [0.15, 0.2) is 30.5 Å². The van der Waals surface area contributed by atoms with Crippen LogP contribution in [0.1, 0.15) is 34.5 Å². The first-order chi connectivity index (χ1) is 12.9. The molecule has 138 valence electrons. The molecule has 0 N–H and O–H groups in total. The third-order valence-electron chi connectivity index (χ3n) is 5.60. The van der Waals surface area contributed by atoms with Crippen LogP contribution in [-0.4, -0.2) is 46.1 Å². The molecule has 2 aliphatic heterocycles. The van der Waals surface area contributed by atoms with Crippen molar-refractivity contribution >= 4 is 17.5 Å². The van der Waals surface area contributed by atoms with Gasteiger partial charge in [0.05, 0.1) is 22.9 Å². The lowest BCUT2D eigenvalue weighted by molar-refractivity contribution is -0.117. The van der Waals surface area contributed by atoms with Gasteiger partial charge < -0.3 is 9.80 Å². The molecule has 2 amide bonds. The van der Waals surface area contributed by atoms with Crippen LogP contribution in [0.5, 0.6) is 0 Å². The van der Waals surface area contributed by atoms with Crippen LogP contribution >= 0.6 is 0 Å². The molecule has 0 aliphatic carbocycles. The fraction of sp³-hybridized carbons (Fsp3) is 0.400. The Morgan fingerprint density at radius 3 is 2.63 bits per heavy atom. The number of hydrogen-bond donors (Lipinski definition) is 0. The number of likely N-dealkylation sites (tertiary alicyclic amines) is 1. The van der Waals surface area contributed by atoms with E-state index in [2.05, 4.69) is 11.2 Å². The van der Waals surface area contributed by atoms with Crippen molar-refractivity contribution in [1.82, 2.24) is 14.7 Å². The van der Waals surface area contributed by atoms with Gasteiger partial charge in [-0.15, -0.1) is 0 Å². The summed E-state index contributed by atoms with van der Waals surface area (Å²) in [6.07, 6.45) is 3.02. The van der Waals surface area contributed by atoms with Gasteiger partial charge in [-0.3, -0.25) is 14.3 Å². The Bertz CT molecular complexity index is 956. The number of aromatic nitrogens is 2. The average Bonchev–Trinajstić information content (AvgIpc) is 3.32. The second-order valence-corrected chi connectivity index (χ2v) is 7.59. The van der Waals surface area contributed by atoms with Gasteiger partial charge in [-0.2, -0.15) is 10.4 Å².